The van der Waals surface area contributed by atoms with E-state index in [-0.39, 0.29) is 0 Å². The molecule has 94 valence electrons. The molecule has 17 heavy (non-hydrogen) atoms. The molecular weight excluding hydrogens is 218 g/mol. The fourth-order valence-electron chi connectivity index (χ4n) is 1.06. The summed E-state index contributed by atoms with van der Waals surface area (Å²) in [5.41, 5.74) is 0. The average molecular weight is 237 g/mol. The van der Waals surface area contributed by atoms with E-state index in [1.54, 1.807) is 11.0 Å². The van der Waals surface area contributed by atoms with Crippen LogP contribution in [0.15, 0.2) is 12.7 Å². The van der Waals surface area contributed by atoms with E-state index in [0.717, 1.165) is 13.0 Å². The molecule has 0 saturated carbocycles. The van der Waals surface area contributed by atoms with Gasteiger partial charge >= 0.3 is 6.01 Å². The Balaban J connectivity index is 2.88. The lowest BCUT2D eigenvalue weighted by Crippen LogP contribution is -2.16. The van der Waals surface area contributed by atoms with E-state index in [9.17, 15) is 0 Å². The highest BCUT2D eigenvalue weighted by atomic mass is 16.5. The zero-order valence-electron chi connectivity index (χ0n) is 10.6. The molecule has 1 heterocycles. The topological polar surface area (TPSA) is 63.2 Å². The Hall–Kier alpha value is -1.85. The van der Waals surface area contributed by atoms with Crippen LogP contribution in [0.25, 0.3) is 0 Å². The number of ether oxygens (including phenoxy) is 1. The third-order valence-corrected chi connectivity index (χ3v) is 1.87. The summed E-state index contributed by atoms with van der Waals surface area (Å²) in [6, 6.07) is 0.308. The molecule has 1 aromatic heterocycles. The summed E-state index contributed by atoms with van der Waals surface area (Å²) in [6.07, 6.45) is 2.66. The molecule has 6 heteroatoms. The van der Waals surface area contributed by atoms with Crippen molar-refractivity contribution in [3.05, 3.63) is 12.7 Å². The van der Waals surface area contributed by atoms with E-state index >= 15 is 0 Å². The predicted octanol–water partition coefficient (Wildman–Crippen LogP) is 1.32. The fourth-order valence-corrected chi connectivity index (χ4v) is 1.06. The van der Waals surface area contributed by atoms with Crippen LogP contribution >= 0.6 is 0 Å². The summed E-state index contributed by atoms with van der Waals surface area (Å²) in [4.78, 5) is 14.4. The van der Waals surface area contributed by atoms with Gasteiger partial charge in [-0.3, -0.25) is 0 Å². The van der Waals surface area contributed by atoms with Crippen LogP contribution in [-0.2, 0) is 0 Å². The first-order valence-electron chi connectivity index (χ1n) is 5.58. The summed E-state index contributed by atoms with van der Waals surface area (Å²) >= 11 is 0. The first-order valence-corrected chi connectivity index (χ1v) is 5.58. The second-order valence-electron chi connectivity index (χ2n) is 3.66. The third kappa shape index (κ3) is 4.26. The van der Waals surface area contributed by atoms with Crippen molar-refractivity contribution in [1.29, 1.82) is 0 Å². The number of rotatable bonds is 7. The van der Waals surface area contributed by atoms with Gasteiger partial charge in [-0.05, 0) is 6.42 Å². The van der Waals surface area contributed by atoms with Crippen molar-refractivity contribution >= 4 is 11.9 Å². The number of aromatic nitrogens is 3. The van der Waals surface area contributed by atoms with Gasteiger partial charge in [-0.1, -0.05) is 19.6 Å². The number of nitrogens with zero attached hydrogens (tertiary/aromatic N) is 4. The Morgan fingerprint density at radius 3 is 2.71 bits per heavy atom. The van der Waals surface area contributed by atoms with Crippen LogP contribution in [0, 0.1) is 0 Å². The van der Waals surface area contributed by atoms with Crippen molar-refractivity contribution in [3.8, 4) is 6.01 Å². The van der Waals surface area contributed by atoms with Gasteiger partial charge in [0.25, 0.3) is 0 Å². The van der Waals surface area contributed by atoms with Gasteiger partial charge in [-0.25, -0.2) is 0 Å². The number of anilines is 2. The molecule has 1 rings (SSSR count). The molecule has 0 aliphatic rings. The minimum Gasteiger partial charge on any atom is -0.459 e. The van der Waals surface area contributed by atoms with E-state index in [2.05, 4.69) is 33.8 Å². The number of hydrogen-bond acceptors (Lipinski definition) is 6. The van der Waals surface area contributed by atoms with Gasteiger partial charge in [0.05, 0.1) is 0 Å². The van der Waals surface area contributed by atoms with Gasteiger partial charge in [-0.15, -0.1) is 0 Å². The number of hydrogen-bond donors (Lipinski definition) is 1. The highest BCUT2D eigenvalue weighted by Gasteiger charge is 2.08. The van der Waals surface area contributed by atoms with Crippen molar-refractivity contribution < 1.29 is 4.74 Å². The fraction of sp³-hybridized carbons (Fsp3) is 0.545. The van der Waals surface area contributed by atoms with Gasteiger partial charge < -0.3 is 15.0 Å². The molecule has 0 aromatic carbocycles. The Kier molecular flexibility index (Phi) is 5.19. The van der Waals surface area contributed by atoms with Gasteiger partial charge in [-0.2, -0.15) is 15.0 Å². The van der Waals surface area contributed by atoms with Gasteiger partial charge in [0, 0.05) is 20.6 Å². The van der Waals surface area contributed by atoms with E-state index in [4.69, 9.17) is 4.74 Å². The average Bonchev–Trinajstić information content (AvgIpc) is 2.33. The lowest BCUT2D eigenvalue weighted by atomic mass is 10.5. The monoisotopic (exact) mass is 237 g/mol. The molecule has 1 aromatic rings. The smallest absolute Gasteiger partial charge is 0.323 e. The minimum atomic E-state index is 0.308. The van der Waals surface area contributed by atoms with Crippen LogP contribution in [0.5, 0.6) is 6.01 Å². The Bertz CT molecular complexity index is 367. The summed E-state index contributed by atoms with van der Waals surface area (Å²) < 4.78 is 5.32. The van der Waals surface area contributed by atoms with Crippen LogP contribution in [0.1, 0.15) is 13.3 Å². The minimum absolute atomic E-state index is 0.308. The van der Waals surface area contributed by atoms with Crippen LogP contribution in [0.2, 0.25) is 0 Å². The molecule has 0 amide bonds. The van der Waals surface area contributed by atoms with Crippen LogP contribution in [0.3, 0.4) is 0 Å². The van der Waals surface area contributed by atoms with Crippen molar-refractivity contribution in [2.75, 3.05) is 37.5 Å². The zero-order valence-corrected chi connectivity index (χ0v) is 10.6. The van der Waals surface area contributed by atoms with Crippen LogP contribution < -0.4 is 15.0 Å². The lowest BCUT2D eigenvalue weighted by molar-refractivity contribution is 0.333. The number of nitrogens with one attached hydrogen (secondary N) is 1. The van der Waals surface area contributed by atoms with E-state index in [0.29, 0.717) is 24.5 Å². The molecule has 0 aliphatic heterocycles. The highest BCUT2D eigenvalue weighted by molar-refractivity contribution is 5.36. The second kappa shape index (κ2) is 6.67. The summed E-state index contributed by atoms with van der Waals surface area (Å²) in [5, 5.41) is 3.11. The largest absolute Gasteiger partial charge is 0.459 e. The first kappa shape index (κ1) is 13.2. The van der Waals surface area contributed by atoms with Gasteiger partial charge in [0.1, 0.15) is 6.61 Å². The Morgan fingerprint density at radius 1 is 1.35 bits per heavy atom. The van der Waals surface area contributed by atoms with Crippen molar-refractivity contribution in [2.45, 2.75) is 13.3 Å². The molecule has 0 aliphatic carbocycles. The SMILES string of the molecule is C=CCOc1nc(NCCC)nc(N(C)C)n1. The lowest BCUT2D eigenvalue weighted by Gasteiger charge is -2.13. The van der Waals surface area contributed by atoms with Crippen LogP contribution in [-0.4, -0.2) is 42.2 Å². The van der Waals surface area contributed by atoms with Crippen molar-refractivity contribution in [3.63, 3.8) is 0 Å². The van der Waals surface area contributed by atoms with Crippen LogP contribution in [0.4, 0.5) is 11.9 Å². The Labute approximate surface area is 102 Å². The van der Waals surface area contributed by atoms with Gasteiger partial charge in [0.2, 0.25) is 11.9 Å². The molecule has 0 spiro atoms. The maximum atomic E-state index is 5.32. The second-order valence-corrected chi connectivity index (χ2v) is 3.66. The summed E-state index contributed by atoms with van der Waals surface area (Å²) in [7, 11) is 3.74. The van der Waals surface area contributed by atoms with E-state index in [1.165, 1.54) is 0 Å². The molecule has 0 atom stereocenters. The first-order chi connectivity index (χ1) is 8.17. The van der Waals surface area contributed by atoms with Gasteiger partial charge in [0.15, 0.2) is 0 Å². The normalized spacial score (nSPS) is 9.82. The maximum absolute atomic E-state index is 5.32. The maximum Gasteiger partial charge on any atom is 0.323 e. The highest BCUT2D eigenvalue weighted by Crippen LogP contribution is 2.12. The molecule has 1 N–H and O–H groups in total. The summed E-state index contributed by atoms with van der Waals surface area (Å²) in [5.74, 6) is 1.10. The third-order valence-electron chi connectivity index (χ3n) is 1.87. The molecule has 0 fully saturated rings. The van der Waals surface area contributed by atoms with Crippen molar-refractivity contribution in [1.82, 2.24) is 15.0 Å². The predicted molar refractivity (Wildman–Crippen MR) is 68.6 cm³/mol. The Morgan fingerprint density at radius 2 is 2.12 bits per heavy atom. The molecule has 0 saturated heterocycles. The quantitative estimate of drug-likeness (QED) is 0.722. The standard InChI is InChI=1S/C11H19N5O/c1-5-7-12-9-13-10(16(3)4)15-11(14-9)17-8-6-2/h6H,2,5,7-8H2,1,3-4H3,(H,12,13,14,15). The molecule has 0 bridgehead atoms. The summed E-state index contributed by atoms with van der Waals surface area (Å²) in [6.45, 7) is 6.86. The molecular formula is C11H19N5O. The zero-order chi connectivity index (χ0) is 12.7. The molecule has 6 nitrogen and oxygen atoms in total. The molecule has 0 radical (unpaired) electrons. The van der Waals surface area contributed by atoms with Crippen molar-refractivity contribution in [2.24, 2.45) is 0 Å². The van der Waals surface area contributed by atoms with E-state index < -0.39 is 0 Å². The molecule has 0 unspecified atom stereocenters. The van der Waals surface area contributed by atoms with E-state index in [1.807, 2.05) is 14.1 Å².